The summed E-state index contributed by atoms with van der Waals surface area (Å²) >= 11 is 0. The summed E-state index contributed by atoms with van der Waals surface area (Å²) in [4.78, 5) is 0. The highest BCUT2D eigenvalue weighted by Crippen LogP contribution is 2.23. The molecule has 0 aliphatic heterocycles. The molecule has 3 heteroatoms. The predicted octanol–water partition coefficient (Wildman–Crippen LogP) is 4.32. The molecule has 2 aromatic carbocycles. The third-order valence-electron chi connectivity index (χ3n) is 3.17. The topological polar surface area (TPSA) is 21.3 Å². The minimum absolute atomic E-state index is 0.0276. The standard InChI is InChI=1S/C17H20FNO/c1-12-5-4-6-13(2)17(12)20-14(3)11-19-16-9-7-15(18)8-10-16/h4-10,14,19H,11H2,1-3H3. The van der Waals surface area contributed by atoms with E-state index in [0.29, 0.717) is 6.54 Å². The van der Waals surface area contributed by atoms with E-state index in [4.69, 9.17) is 4.74 Å². The Balaban J connectivity index is 1.92. The van der Waals surface area contributed by atoms with E-state index in [1.54, 1.807) is 12.1 Å². The molecular weight excluding hydrogens is 253 g/mol. The van der Waals surface area contributed by atoms with Gasteiger partial charge in [0.15, 0.2) is 0 Å². The van der Waals surface area contributed by atoms with E-state index in [-0.39, 0.29) is 11.9 Å². The van der Waals surface area contributed by atoms with Gasteiger partial charge in [0, 0.05) is 5.69 Å². The summed E-state index contributed by atoms with van der Waals surface area (Å²) in [6.45, 7) is 6.77. The summed E-state index contributed by atoms with van der Waals surface area (Å²) in [7, 11) is 0. The van der Waals surface area contributed by atoms with Crippen LogP contribution in [0.5, 0.6) is 5.75 Å². The van der Waals surface area contributed by atoms with Crippen molar-refractivity contribution in [3.8, 4) is 5.75 Å². The van der Waals surface area contributed by atoms with Crippen molar-refractivity contribution in [2.24, 2.45) is 0 Å². The van der Waals surface area contributed by atoms with E-state index in [9.17, 15) is 4.39 Å². The monoisotopic (exact) mass is 273 g/mol. The van der Waals surface area contributed by atoms with E-state index in [1.807, 2.05) is 39.0 Å². The highest BCUT2D eigenvalue weighted by molar-refractivity contribution is 5.43. The first-order valence-electron chi connectivity index (χ1n) is 6.78. The molecule has 106 valence electrons. The number of hydrogen-bond acceptors (Lipinski definition) is 2. The van der Waals surface area contributed by atoms with Crippen molar-refractivity contribution >= 4 is 5.69 Å². The molecule has 0 radical (unpaired) electrons. The number of rotatable bonds is 5. The number of ether oxygens (including phenoxy) is 1. The van der Waals surface area contributed by atoms with Crippen molar-refractivity contribution in [3.05, 3.63) is 59.4 Å². The molecule has 0 aromatic heterocycles. The first-order chi connectivity index (χ1) is 9.56. The quantitative estimate of drug-likeness (QED) is 0.876. The zero-order chi connectivity index (χ0) is 14.5. The average Bonchev–Trinajstić information content (AvgIpc) is 2.42. The molecular formula is C17H20FNO. The molecule has 0 fully saturated rings. The van der Waals surface area contributed by atoms with Gasteiger partial charge in [0.2, 0.25) is 0 Å². The average molecular weight is 273 g/mol. The molecule has 2 aromatic rings. The van der Waals surface area contributed by atoms with Crippen LogP contribution in [0.1, 0.15) is 18.1 Å². The zero-order valence-corrected chi connectivity index (χ0v) is 12.1. The minimum atomic E-state index is -0.226. The van der Waals surface area contributed by atoms with Crippen molar-refractivity contribution in [1.29, 1.82) is 0 Å². The molecule has 2 nitrogen and oxygen atoms in total. The molecule has 0 aliphatic rings. The molecule has 0 amide bonds. The number of aryl methyl sites for hydroxylation is 2. The number of nitrogens with one attached hydrogen (secondary N) is 1. The lowest BCUT2D eigenvalue weighted by Gasteiger charge is -2.19. The molecule has 0 saturated carbocycles. The van der Waals surface area contributed by atoms with Gasteiger partial charge in [-0.15, -0.1) is 0 Å². The maximum Gasteiger partial charge on any atom is 0.125 e. The zero-order valence-electron chi connectivity index (χ0n) is 12.1. The normalized spacial score (nSPS) is 12.0. The number of para-hydroxylation sites is 1. The second-order valence-corrected chi connectivity index (χ2v) is 5.04. The van der Waals surface area contributed by atoms with E-state index in [0.717, 1.165) is 22.6 Å². The van der Waals surface area contributed by atoms with Gasteiger partial charge in [-0.05, 0) is 56.2 Å². The van der Waals surface area contributed by atoms with Crippen molar-refractivity contribution < 1.29 is 9.13 Å². The fourth-order valence-electron chi connectivity index (χ4n) is 2.06. The van der Waals surface area contributed by atoms with Gasteiger partial charge in [-0.25, -0.2) is 4.39 Å². The molecule has 1 unspecified atom stereocenters. The maximum atomic E-state index is 12.8. The summed E-state index contributed by atoms with van der Waals surface area (Å²) in [6, 6.07) is 12.4. The van der Waals surface area contributed by atoms with Gasteiger partial charge in [-0.1, -0.05) is 18.2 Å². The molecule has 0 heterocycles. The van der Waals surface area contributed by atoms with Crippen LogP contribution in [0.25, 0.3) is 0 Å². The van der Waals surface area contributed by atoms with Crippen molar-refractivity contribution in [1.82, 2.24) is 0 Å². The number of anilines is 1. The van der Waals surface area contributed by atoms with Crippen LogP contribution in [0.2, 0.25) is 0 Å². The third kappa shape index (κ3) is 3.73. The minimum Gasteiger partial charge on any atom is -0.488 e. The summed E-state index contributed by atoms with van der Waals surface area (Å²) in [6.07, 6.45) is 0.0276. The lowest BCUT2D eigenvalue weighted by atomic mass is 10.1. The smallest absolute Gasteiger partial charge is 0.125 e. The summed E-state index contributed by atoms with van der Waals surface area (Å²) in [5.74, 6) is 0.719. The molecule has 1 N–H and O–H groups in total. The van der Waals surface area contributed by atoms with E-state index >= 15 is 0 Å². The Labute approximate surface area is 119 Å². The summed E-state index contributed by atoms with van der Waals surface area (Å²) < 4.78 is 18.8. The van der Waals surface area contributed by atoms with Crippen LogP contribution in [0.3, 0.4) is 0 Å². The van der Waals surface area contributed by atoms with Crippen LogP contribution in [-0.4, -0.2) is 12.6 Å². The van der Waals surface area contributed by atoms with Crippen LogP contribution < -0.4 is 10.1 Å². The van der Waals surface area contributed by atoms with Crippen LogP contribution >= 0.6 is 0 Å². The van der Waals surface area contributed by atoms with Gasteiger partial charge < -0.3 is 10.1 Å². The van der Waals surface area contributed by atoms with E-state index in [1.165, 1.54) is 12.1 Å². The second kappa shape index (κ2) is 6.42. The lowest BCUT2D eigenvalue weighted by molar-refractivity contribution is 0.231. The van der Waals surface area contributed by atoms with Gasteiger partial charge in [0.1, 0.15) is 17.7 Å². The summed E-state index contributed by atoms with van der Waals surface area (Å²) in [5, 5.41) is 3.24. The Bertz CT molecular complexity index is 545. The molecule has 0 saturated heterocycles. The van der Waals surface area contributed by atoms with Gasteiger partial charge in [0.25, 0.3) is 0 Å². The van der Waals surface area contributed by atoms with E-state index in [2.05, 4.69) is 5.32 Å². The van der Waals surface area contributed by atoms with Gasteiger partial charge in [-0.2, -0.15) is 0 Å². The Morgan fingerprint density at radius 2 is 1.65 bits per heavy atom. The van der Waals surface area contributed by atoms with Crippen LogP contribution in [0.15, 0.2) is 42.5 Å². The Morgan fingerprint density at radius 1 is 1.05 bits per heavy atom. The number of benzene rings is 2. The fraction of sp³-hybridized carbons (Fsp3) is 0.294. The molecule has 0 bridgehead atoms. The second-order valence-electron chi connectivity index (χ2n) is 5.04. The molecule has 0 spiro atoms. The molecule has 0 aliphatic carbocycles. The van der Waals surface area contributed by atoms with Crippen molar-refractivity contribution in [3.63, 3.8) is 0 Å². The molecule has 20 heavy (non-hydrogen) atoms. The number of halogens is 1. The number of hydrogen-bond donors (Lipinski definition) is 1. The van der Waals surface area contributed by atoms with Crippen molar-refractivity contribution in [2.45, 2.75) is 26.9 Å². The van der Waals surface area contributed by atoms with Gasteiger partial charge in [-0.3, -0.25) is 0 Å². The predicted molar refractivity (Wildman–Crippen MR) is 80.9 cm³/mol. The van der Waals surface area contributed by atoms with Crippen LogP contribution in [0, 0.1) is 19.7 Å². The highest BCUT2D eigenvalue weighted by Gasteiger charge is 2.08. The van der Waals surface area contributed by atoms with Crippen LogP contribution in [0.4, 0.5) is 10.1 Å². The lowest BCUT2D eigenvalue weighted by Crippen LogP contribution is -2.23. The Hall–Kier alpha value is -2.03. The van der Waals surface area contributed by atoms with Crippen molar-refractivity contribution in [2.75, 3.05) is 11.9 Å². The first-order valence-corrected chi connectivity index (χ1v) is 6.78. The fourth-order valence-corrected chi connectivity index (χ4v) is 2.06. The largest absolute Gasteiger partial charge is 0.488 e. The third-order valence-corrected chi connectivity index (χ3v) is 3.17. The molecule has 2 rings (SSSR count). The van der Waals surface area contributed by atoms with Crippen LogP contribution in [-0.2, 0) is 0 Å². The summed E-state index contributed by atoms with van der Waals surface area (Å²) in [5.41, 5.74) is 3.17. The van der Waals surface area contributed by atoms with Gasteiger partial charge in [0.05, 0.1) is 6.54 Å². The SMILES string of the molecule is Cc1cccc(C)c1OC(C)CNc1ccc(F)cc1. The maximum absolute atomic E-state index is 12.8. The van der Waals surface area contributed by atoms with E-state index < -0.39 is 0 Å². The Morgan fingerprint density at radius 3 is 2.25 bits per heavy atom. The highest BCUT2D eigenvalue weighted by atomic mass is 19.1. The Kier molecular flexibility index (Phi) is 4.61. The molecule has 1 atom stereocenters. The first kappa shape index (κ1) is 14.4. The van der Waals surface area contributed by atoms with Gasteiger partial charge >= 0.3 is 0 Å².